The van der Waals surface area contributed by atoms with Gasteiger partial charge in [0.1, 0.15) is 0 Å². The summed E-state index contributed by atoms with van der Waals surface area (Å²) < 4.78 is 0. The van der Waals surface area contributed by atoms with Gasteiger partial charge in [-0.15, -0.1) is 0 Å². The number of hydrogen-bond acceptors (Lipinski definition) is 1. The van der Waals surface area contributed by atoms with Crippen LogP contribution in [0.15, 0.2) is 12.1 Å². The first kappa shape index (κ1) is 14.6. The summed E-state index contributed by atoms with van der Waals surface area (Å²) in [5, 5.41) is 3.86. The van der Waals surface area contributed by atoms with Crippen molar-refractivity contribution in [1.29, 1.82) is 0 Å². The van der Waals surface area contributed by atoms with Gasteiger partial charge in [0.05, 0.1) is 0 Å². The van der Waals surface area contributed by atoms with Gasteiger partial charge in [0, 0.05) is 5.54 Å². The Morgan fingerprint density at radius 1 is 1.05 bits per heavy atom. The van der Waals surface area contributed by atoms with Gasteiger partial charge in [0.25, 0.3) is 0 Å². The summed E-state index contributed by atoms with van der Waals surface area (Å²) in [6.45, 7) is 10.3. The Kier molecular flexibility index (Phi) is 4.67. The van der Waals surface area contributed by atoms with Crippen LogP contribution in [0.25, 0.3) is 0 Å². The summed E-state index contributed by atoms with van der Waals surface area (Å²) in [6.07, 6.45) is 7.87. The Morgan fingerprint density at radius 3 is 2.37 bits per heavy atom. The minimum atomic E-state index is 0.335. The number of nitrogens with one attached hydrogen (secondary N) is 1. The van der Waals surface area contributed by atoms with Crippen LogP contribution in [0.5, 0.6) is 0 Å². The molecular formula is C18H29N. The summed E-state index contributed by atoms with van der Waals surface area (Å²) in [4.78, 5) is 0. The van der Waals surface area contributed by atoms with Crippen molar-refractivity contribution in [2.75, 3.05) is 6.54 Å². The maximum atomic E-state index is 3.86. The molecule has 1 fully saturated rings. The third kappa shape index (κ3) is 3.39. The first-order valence-corrected chi connectivity index (χ1v) is 7.88. The molecule has 19 heavy (non-hydrogen) atoms. The molecule has 0 radical (unpaired) electrons. The maximum Gasteiger partial charge on any atom is 0.0219 e. The lowest BCUT2D eigenvalue weighted by molar-refractivity contribution is 0.301. The van der Waals surface area contributed by atoms with Gasteiger partial charge in [-0.05, 0) is 69.7 Å². The summed E-state index contributed by atoms with van der Waals surface area (Å²) in [5.74, 6) is 0. The summed E-state index contributed by atoms with van der Waals surface area (Å²) in [7, 11) is 0. The molecule has 1 saturated heterocycles. The molecule has 1 unspecified atom stereocenters. The average Bonchev–Trinajstić information content (AvgIpc) is 2.60. The molecule has 1 aromatic carbocycles. The fourth-order valence-electron chi connectivity index (χ4n) is 3.61. The van der Waals surface area contributed by atoms with Crippen LogP contribution in [0.3, 0.4) is 0 Å². The zero-order valence-corrected chi connectivity index (χ0v) is 13.1. The SMILES string of the molecule is CCC1(Cc2c(C)cc(C)cc2C)CCCCCN1. The molecule has 1 aliphatic rings. The van der Waals surface area contributed by atoms with E-state index >= 15 is 0 Å². The fourth-order valence-corrected chi connectivity index (χ4v) is 3.61. The molecule has 1 heterocycles. The van der Waals surface area contributed by atoms with Crippen LogP contribution in [-0.2, 0) is 6.42 Å². The van der Waals surface area contributed by atoms with Crippen molar-refractivity contribution in [2.45, 2.75) is 71.8 Å². The molecule has 106 valence electrons. The molecule has 0 aliphatic carbocycles. The molecule has 0 amide bonds. The molecule has 1 N–H and O–H groups in total. The minimum Gasteiger partial charge on any atom is -0.311 e. The zero-order chi connectivity index (χ0) is 13.9. The lowest BCUT2D eigenvalue weighted by Gasteiger charge is -2.34. The van der Waals surface area contributed by atoms with Crippen molar-refractivity contribution in [3.8, 4) is 0 Å². The molecule has 1 nitrogen and oxygen atoms in total. The molecule has 1 aliphatic heterocycles. The molecule has 1 aromatic rings. The van der Waals surface area contributed by atoms with E-state index in [1.807, 2.05) is 0 Å². The van der Waals surface area contributed by atoms with Crippen molar-refractivity contribution in [3.63, 3.8) is 0 Å². The van der Waals surface area contributed by atoms with E-state index < -0.39 is 0 Å². The molecule has 2 rings (SSSR count). The van der Waals surface area contributed by atoms with Crippen molar-refractivity contribution >= 4 is 0 Å². The van der Waals surface area contributed by atoms with E-state index in [2.05, 4.69) is 45.1 Å². The van der Waals surface area contributed by atoms with Gasteiger partial charge in [0.2, 0.25) is 0 Å². The van der Waals surface area contributed by atoms with Gasteiger partial charge >= 0.3 is 0 Å². The topological polar surface area (TPSA) is 12.0 Å². The number of aryl methyl sites for hydroxylation is 3. The molecule has 0 bridgehead atoms. The quantitative estimate of drug-likeness (QED) is 0.844. The largest absolute Gasteiger partial charge is 0.311 e. The second-order valence-electron chi connectivity index (χ2n) is 6.43. The van der Waals surface area contributed by atoms with E-state index in [-0.39, 0.29) is 0 Å². The lowest BCUT2D eigenvalue weighted by atomic mass is 9.81. The van der Waals surface area contributed by atoms with E-state index in [0.29, 0.717) is 5.54 Å². The number of benzene rings is 1. The molecule has 0 aromatic heterocycles. The number of rotatable bonds is 3. The Hall–Kier alpha value is -0.820. The van der Waals surface area contributed by atoms with Crippen molar-refractivity contribution < 1.29 is 0 Å². The molecular weight excluding hydrogens is 230 g/mol. The van der Waals surface area contributed by atoms with Crippen LogP contribution in [-0.4, -0.2) is 12.1 Å². The van der Waals surface area contributed by atoms with Crippen LogP contribution in [0.2, 0.25) is 0 Å². The van der Waals surface area contributed by atoms with Crippen LogP contribution in [0, 0.1) is 20.8 Å². The molecule has 0 spiro atoms. The lowest BCUT2D eigenvalue weighted by Crippen LogP contribution is -2.46. The molecule has 1 heteroatoms. The van der Waals surface area contributed by atoms with Crippen molar-refractivity contribution in [1.82, 2.24) is 5.32 Å². The second kappa shape index (κ2) is 6.09. The van der Waals surface area contributed by atoms with E-state index in [9.17, 15) is 0 Å². The highest BCUT2D eigenvalue weighted by Crippen LogP contribution is 2.29. The molecule has 1 atom stereocenters. The first-order valence-electron chi connectivity index (χ1n) is 7.88. The molecule has 0 saturated carbocycles. The van der Waals surface area contributed by atoms with Gasteiger partial charge in [-0.2, -0.15) is 0 Å². The highest BCUT2D eigenvalue weighted by atomic mass is 15.0. The Labute approximate surface area is 118 Å². The third-order valence-electron chi connectivity index (χ3n) is 4.86. The minimum absolute atomic E-state index is 0.335. The summed E-state index contributed by atoms with van der Waals surface area (Å²) in [5.41, 5.74) is 6.23. The summed E-state index contributed by atoms with van der Waals surface area (Å²) >= 11 is 0. The van der Waals surface area contributed by atoms with Crippen molar-refractivity contribution in [3.05, 3.63) is 34.4 Å². The van der Waals surface area contributed by atoms with Gasteiger partial charge in [-0.25, -0.2) is 0 Å². The van der Waals surface area contributed by atoms with Gasteiger partial charge < -0.3 is 5.32 Å². The van der Waals surface area contributed by atoms with E-state index in [4.69, 9.17) is 0 Å². The average molecular weight is 259 g/mol. The van der Waals surface area contributed by atoms with E-state index in [1.165, 1.54) is 61.8 Å². The van der Waals surface area contributed by atoms with E-state index in [1.54, 1.807) is 5.56 Å². The maximum absolute atomic E-state index is 3.86. The van der Waals surface area contributed by atoms with Gasteiger partial charge in [0.15, 0.2) is 0 Å². The van der Waals surface area contributed by atoms with Crippen LogP contribution in [0.1, 0.15) is 61.3 Å². The monoisotopic (exact) mass is 259 g/mol. The first-order chi connectivity index (χ1) is 9.06. The van der Waals surface area contributed by atoms with Crippen molar-refractivity contribution in [2.24, 2.45) is 0 Å². The predicted molar refractivity (Wildman–Crippen MR) is 83.8 cm³/mol. The van der Waals surface area contributed by atoms with Crippen LogP contribution in [0.4, 0.5) is 0 Å². The normalized spacial score (nSPS) is 24.2. The predicted octanol–water partition coefficient (Wildman–Crippen LogP) is 4.47. The van der Waals surface area contributed by atoms with Gasteiger partial charge in [-0.1, -0.05) is 37.5 Å². The Morgan fingerprint density at radius 2 is 1.74 bits per heavy atom. The zero-order valence-electron chi connectivity index (χ0n) is 13.1. The second-order valence-corrected chi connectivity index (χ2v) is 6.43. The Bertz CT molecular complexity index is 402. The van der Waals surface area contributed by atoms with Gasteiger partial charge in [-0.3, -0.25) is 0 Å². The fraction of sp³-hybridized carbons (Fsp3) is 0.667. The van der Waals surface area contributed by atoms with Crippen LogP contribution < -0.4 is 5.32 Å². The standard InChI is InChI=1S/C18H29N/c1-5-18(9-7-6-8-10-19-18)13-17-15(3)11-14(2)12-16(17)4/h11-12,19H,5-10,13H2,1-4H3. The Balaban J connectivity index is 2.27. The van der Waals surface area contributed by atoms with Crippen LogP contribution >= 0.6 is 0 Å². The highest BCUT2D eigenvalue weighted by molar-refractivity contribution is 5.38. The highest BCUT2D eigenvalue weighted by Gasteiger charge is 2.29. The smallest absolute Gasteiger partial charge is 0.0219 e. The third-order valence-corrected chi connectivity index (χ3v) is 4.86. The summed E-state index contributed by atoms with van der Waals surface area (Å²) in [6, 6.07) is 4.67. The van der Waals surface area contributed by atoms with E-state index in [0.717, 1.165) is 0 Å². The number of hydrogen-bond donors (Lipinski definition) is 1.